The first-order chi connectivity index (χ1) is 4.83. The van der Waals surface area contributed by atoms with Gasteiger partial charge in [0.1, 0.15) is 6.10 Å². The Kier molecular flexibility index (Phi) is 3.22. The summed E-state index contributed by atoms with van der Waals surface area (Å²) < 4.78 is 25.0. The van der Waals surface area contributed by atoms with Crippen molar-refractivity contribution < 1.29 is 18.3 Å². The Labute approximate surface area is 60.4 Å². The smallest absolute Gasteiger partial charge is 0.378 e. The predicted molar refractivity (Wildman–Crippen MR) is 34.9 cm³/mol. The van der Waals surface area contributed by atoms with Crippen molar-refractivity contribution >= 4 is 8.25 Å². The highest BCUT2D eigenvalue weighted by Gasteiger charge is 2.28. The SMILES string of the molecule is CO[P+](=O)OC1CCOC1. The Morgan fingerprint density at radius 1 is 1.70 bits per heavy atom. The van der Waals surface area contributed by atoms with Gasteiger partial charge in [-0.25, -0.2) is 0 Å². The van der Waals surface area contributed by atoms with Crippen molar-refractivity contribution in [1.82, 2.24) is 0 Å². The Bertz CT molecular complexity index is 121. The second-order valence-corrected chi connectivity index (χ2v) is 3.02. The molecule has 0 aromatic heterocycles. The first kappa shape index (κ1) is 8.08. The average molecular weight is 165 g/mol. The van der Waals surface area contributed by atoms with Crippen molar-refractivity contribution in [2.24, 2.45) is 0 Å². The van der Waals surface area contributed by atoms with Gasteiger partial charge < -0.3 is 4.74 Å². The molecule has 10 heavy (non-hydrogen) atoms. The van der Waals surface area contributed by atoms with E-state index in [2.05, 4.69) is 4.52 Å². The lowest BCUT2D eigenvalue weighted by molar-refractivity contribution is 0.133. The second kappa shape index (κ2) is 3.98. The highest BCUT2D eigenvalue weighted by Crippen LogP contribution is 2.27. The Balaban J connectivity index is 2.17. The molecule has 0 spiro atoms. The molecule has 0 radical (unpaired) electrons. The van der Waals surface area contributed by atoms with Crippen molar-refractivity contribution in [2.45, 2.75) is 12.5 Å². The molecular formula is C5H10O4P+. The van der Waals surface area contributed by atoms with Gasteiger partial charge in [-0.15, -0.1) is 9.05 Å². The van der Waals surface area contributed by atoms with Crippen LogP contribution in [0.3, 0.4) is 0 Å². The summed E-state index contributed by atoms with van der Waals surface area (Å²) in [7, 11) is -0.564. The summed E-state index contributed by atoms with van der Waals surface area (Å²) in [6.07, 6.45) is 0.772. The lowest BCUT2D eigenvalue weighted by Gasteiger charge is -1.94. The van der Waals surface area contributed by atoms with Crippen LogP contribution >= 0.6 is 8.25 Å². The van der Waals surface area contributed by atoms with Crippen LogP contribution in [0.1, 0.15) is 6.42 Å². The van der Waals surface area contributed by atoms with Gasteiger partial charge in [-0.05, 0) is 0 Å². The first-order valence-corrected chi connectivity index (χ1v) is 4.18. The fourth-order valence-corrected chi connectivity index (χ4v) is 1.26. The molecule has 0 N–H and O–H groups in total. The second-order valence-electron chi connectivity index (χ2n) is 2.00. The molecule has 58 valence electrons. The topological polar surface area (TPSA) is 44.8 Å². The van der Waals surface area contributed by atoms with Gasteiger partial charge in [-0.3, -0.25) is 0 Å². The summed E-state index contributed by atoms with van der Waals surface area (Å²) in [5, 5.41) is 0. The minimum absolute atomic E-state index is 0.0384. The fourth-order valence-electron chi connectivity index (χ4n) is 0.761. The number of rotatable bonds is 3. The van der Waals surface area contributed by atoms with Crippen LogP contribution in [0.5, 0.6) is 0 Å². The lowest BCUT2D eigenvalue weighted by Crippen LogP contribution is -2.07. The summed E-state index contributed by atoms with van der Waals surface area (Å²) in [5.74, 6) is 0. The third-order valence-electron chi connectivity index (χ3n) is 1.27. The zero-order chi connectivity index (χ0) is 7.40. The van der Waals surface area contributed by atoms with Crippen LogP contribution in [-0.2, 0) is 18.3 Å². The van der Waals surface area contributed by atoms with Crippen LogP contribution in [0.4, 0.5) is 0 Å². The molecule has 1 aliphatic heterocycles. The van der Waals surface area contributed by atoms with Crippen molar-refractivity contribution in [1.29, 1.82) is 0 Å². The van der Waals surface area contributed by atoms with Gasteiger partial charge in [-0.1, -0.05) is 0 Å². The van der Waals surface area contributed by atoms with Gasteiger partial charge in [0.25, 0.3) is 0 Å². The molecule has 1 heterocycles. The van der Waals surface area contributed by atoms with E-state index in [0.717, 1.165) is 6.42 Å². The van der Waals surface area contributed by atoms with E-state index < -0.39 is 8.25 Å². The summed E-state index contributed by atoms with van der Waals surface area (Å²) in [5.41, 5.74) is 0. The average Bonchev–Trinajstić information content (AvgIpc) is 2.40. The zero-order valence-electron chi connectivity index (χ0n) is 5.78. The summed E-state index contributed by atoms with van der Waals surface area (Å²) in [4.78, 5) is 0. The Morgan fingerprint density at radius 3 is 3.00 bits per heavy atom. The Morgan fingerprint density at radius 2 is 2.50 bits per heavy atom. The van der Waals surface area contributed by atoms with E-state index in [9.17, 15) is 4.57 Å². The molecule has 1 rings (SSSR count). The van der Waals surface area contributed by atoms with Crippen LogP contribution in [0.2, 0.25) is 0 Å². The quantitative estimate of drug-likeness (QED) is 0.587. The molecule has 1 saturated heterocycles. The third kappa shape index (κ3) is 2.31. The standard InChI is InChI=1S/C5H10O4P/c1-7-10(6)9-5-2-3-8-4-5/h5H,2-4H2,1H3/q+1. The molecular weight excluding hydrogens is 155 g/mol. The first-order valence-electron chi connectivity index (χ1n) is 3.09. The van der Waals surface area contributed by atoms with Gasteiger partial charge in [0.15, 0.2) is 0 Å². The zero-order valence-corrected chi connectivity index (χ0v) is 6.67. The van der Waals surface area contributed by atoms with E-state index in [-0.39, 0.29) is 6.10 Å². The molecule has 1 fully saturated rings. The maximum absolute atomic E-state index is 10.6. The molecule has 0 amide bonds. The summed E-state index contributed by atoms with van der Waals surface area (Å²) in [6.45, 7) is 1.22. The van der Waals surface area contributed by atoms with Crippen LogP contribution < -0.4 is 0 Å². The van der Waals surface area contributed by atoms with Gasteiger partial charge in [0.05, 0.1) is 13.7 Å². The molecule has 0 aromatic rings. The molecule has 5 heteroatoms. The molecule has 0 saturated carbocycles. The van der Waals surface area contributed by atoms with Crippen LogP contribution in [0.25, 0.3) is 0 Å². The minimum atomic E-state index is -1.92. The van der Waals surface area contributed by atoms with Crippen LogP contribution in [0, 0.1) is 0 Å². The highest BCUT2D eigenvalue weighted by molar-refractivity contribution is 7.33. The molecule has 2 atom stereocenters. The summed E-state index contributed by atoms with van der Waals surface area (Å²) >= 11 is 0. The predicted octanol–water partition coefficient (Wildman–Crippen LogP) is 1.10. The van der Waals surface area contributed by atoms with E-state index in [1.807, 2.05) is 0 Å². The van der Waals surface area contributed by atoms with E-state index >= 15 is 0 Å². The van der Waals surface area contributed by atoms with E-state index in [1.54, 1.807) is 0 Å². The van der Waals surface area contributed by atoms with Crippen molar-refractivity contribution in [3.05, 3.63) is 0 Å². The maximum Gasteiger partial charge on any atom is 0.697 e. The maximum atomic E-state index is 10.6. The van der Waals surface area contributed by atoms with Crippen molar-refractivity contribution in [3.63, 3.8) is 0 Å². The molecule has 2 unspecified atom stereocenters. The van der Waals surface area contributed by atoms with Gasteiger partial charge >= 0.3 is 8.25 Å². The molecule has 0 aliphatic carbocycles. The van der Waals surface area contributed by atoms with Gasteiger partial charge in [0, 0.05) is 17.6 Å². The minimum Gasteiger partial charge on any atom is -0.378 e. The van der Waals surface area contributed by atoms with E-state index in [4.69, 9.17) is 9.26 Å². The lowest BCUT2D eigenvalue weighted by atomic mass is 10.3. The van der Waals surface area contributed by atoms with Gasteiger partial charge in [0.2, 0.25) is 0 Å². The van der Waals surface area contributed by atoms with E-state index in [1.165, 1.54) is 7.11 Å². The van der Waals surface area contributed by atoms with Crippen LogP contribution in [0.15, 0.2) is 0 Å². The van der Waals surface area contributed by atoms with E-state index in [0.29, 0.717) is 13.2 Å². The molecule has 0 aromatic carbocycles. The largest absolute Gasteiger partial charge is 0.697 e. The number of hydrogen-bond acceptors (Lipinski definition) is 4. The monoisotopic (exact) mass is 165 g/mol. The fraction of sp³-hybridized carbons (Fsp3) is 1.00. The normalized spacial score (nSPS) is 26.9. The third-order valence-corrected chi connectivity index (χ3v) is 2.04. The Hall–Kier alpha value is -0.0200. The number of hydrogen-bond donors (Lipinski definition) is 0. The molecule has 0 bridgehead atoms. The van der Waals surface area contributed by atoms with Crippen molar-refractivity contribution in [2.75, 3.05) is 20.3 Å². The summed E-state index contributed by atoms with van der Waals surface area (Å²) in [6, 6.07) is 0. The highest BCUT2D eigenvalue weighted by atomic mass is 31.1. The van der Waals surface area contributed by atoms with Crippen molar-refractivity contribution in [3.8, 4) is 0 Å². The van der Waals surface area contributed by atoms with Gasteiger partial charge in [-0.2, -0.15) is 0 Å². The van der Waals surface area contributed by atoms with Crippen LogP contribution in [-0.4, -0.2) is 26.4 Å². The number of ether oxygens (including phenoxy) is 1. The molecule has 4 nitrogen and oxygen atoms in total. The molecule has 1 aliphatic rings.